The summed E-state index contributed by atoms with van der Waals surface area (Å²) in [6.07, 6.45) is -1.96. The maximum absolute atomic E-state index is 12.8. The molecule has 1 rings (SSSR count). The molecule has 1 aromatic rings. The summed E-state index contributed by atoms with van der Waals surface area (Å²) in [5.41, 5.74) is -0.0715. The van der Waals surface area contributed by atoms with Gasteiger partial charge in [0.25, 0.3) is 6.43 Å². The van der Waals surface area contributed by atoms with E-state index in [1.165, 1.54) is 6.20 Å². The molecule has 0 aromatic carbocycles. The number of nitrogens with zero attached hydrogens (tertiary/aromatic N) is 1. The lowest BCUT2D eigenvalue weighted by atomic mass is 10.0. The Morgan fingerprint density at radius 3 is 2.69 bits per heavy atom. The molecule has 88 valence electrons. The van der Waals surface area contributed by atoms with E-state index in [1.54, 1.807) is 22.6 Å². The van der Waals surface area contributed by atoms with Crippen LogP contribution in [0.15, 0.2) is 6.20 Å². The number of carbonyl (C=O) groups is 1. The average Bonchev–Trinajstić information content (AvgIpc) is 2.16. The van der Waals surface area contributed by atoms with Gasteiger partial charge in [-0.15, -0.1) is 11.6 Å². The number of pyridine rings is 1. The van der Waals surface area contributed by atoms with E-state index >= 15 is 0 Å². The van der Waals surface area contributed by atoms with Gasteiger partial charge in [0.2, 0.25) is 0 Å². The summed E-state index contributed by atoms with van der Waals surface area (Å²) in [6, 6.07) is 0. The molecule has 0 bridgehead atoms. The van der Waals surface area contributed by atoms with E-state index in [9.17, 15) is 13.6 Å². The van der Waals surface area contributed by atoms with E-state index in [0.717, 1.165) is 0 Å². The van der Waals surface area contributed by atoms with E-state index in [2.05, 4.69) is 4.98 Å². The summed E-state index contributed by atoms with van der Waals surface area (Å²) in [5, 5.41) is 8.67. The Morgan fingerprint density at radius 1 is 1.62 bits per heavy atom. The summed E-state index contributed by atoms with van der Waals surface area (Å²) >= 11 is 7.24. The van der Waals surface area contributed by atoms with Crippen LogP contribution in [0, 0.1) is 3.57 Å². The topological polar surface area (TPSA) is 50.2 Å². The number of alkyl halides is 3. The first kappa shape index (κ1) is 13.6. The van der Waals surface area contributed by atoms with Gasteiger partial charge in [-0.25, -0.2) is 8.78 Å². The second-order valence-corrected chi connectivity index (χ2v) is 4.38. The quantitative estimate of drug-likeness (QED) is 0.662. The monoisotopic (exact) mass is 361 g/mol. The SMILES string of the molecule is O=C(O)Cc1c(CCl)ncc(I)c1C(F)F. The first-order valence-corrected chi connectivity index (χ1v) is 5.80. The van der Waals surface area contributed by atoms with Crippen LogP contribution < -0.4 is 0 Å². The van der Waals surface area contributed by atoms with Crippen LogP contribution in [0.1, 0.15) is 23.2 Å². The highest BCUT2D eigenvalue weighted by Crippen LogP contribution is 2.30. The molecule has 0 saturated carbocycles. The molecule has 0 spiro atoms. The van der Waals surface area contributed by atoms with Gasteiger partial charge in [0.05, 0.1) is 18.0 Å². The molecule has 0 aliphatic heterocycles. The minimum atomic E-state index is -2.73. The van der Waals surface area contributed by atoms with Crippen LogP contribution in [0.2, 0.25) is 0 Å². The zero-order chi connectivity index (χ0) is 12.3. The van der Waals surface area contributed by atoms with Crippen molar-refractivity contribution in [2.75, 3.05) is 0 Å². The van der Waals surface area contributed by atoms with Crippen molar-refractivity contribution in [1.82, 2.24) is 4.98 Å². The van der Waals surface area contributed by atoms with Gasteiger partial charge in [0.15, 0.2) is 0 Å². The van der Waals surface area contributed by atoms with Crippen molar-refractivity contribution in [3.63, 3.8) is 0 Å². The van der Waals surface area contributed by atoms with E-state index in [4.69, 9.17) is 16.7 Å². The van der Waals surface area contributed by atoms with Crippen molar-refractivity contribution < 1.29 is 18.7 Å². The molecule has 1 heterocycles. The third-order valence-corrected chi connectivity index (χ3v) is 3.05. The van der Waals surface area contributed by atoms with Gasteiger partial charge in [-0.05, 0) is 28.2 Å². The number of halogens is 4. The largest absolute Gasteiger partial charge is 0.481 e. The first-order valence-electron chi connectivity index (χ1n) is 4.19. The zero-order valence-corrected chi connectivity index (χ0v) is 10.8. The van der Waals surface area contributed by atoms with Crippen LogP contribution in [-0.2, 0) is 17.1 Å². The van der Waals surface area contributed by atoms with Crippen molar-refractivity contribution in [2.45, 2.75) is 18.7 Å². The molecule has 0 aliphatic rings. The van der Waals surface area contributed by atoms with Gasteiger partial charge in [0.1, 0.15) is 0 Å². The predicted octanol–water partition coefficient (Wildman–Crippen LogP) is 2.99. The Balaban J connectivity index is 3.36. The van der Waals surface area contributed by atoms with Gasteiger partial charge in [-0.2, -0.15) is 0 Å². The highest BCUT2D eigenvalue weighted by molar-refractivity contribution is 14.1. The fourth-order valence-corrected chi connectivity index (χ4v) is 2.21. The zero-order valence-electron chi connectivity index (χ0n) is 7.88. The molecule has 0 aliphatic carbocycles. The summed E-state index contributed by atoms with van der Waals surface area (Å²) in [4.78, 5) is 14.5. The molecule has 0 fully saturated rings. The van der Waals surface area contributed by atoms with Crippen LogP contribution in [0.5, 0.6) is 0 Å². The van der Waals surface area contributed by atoms with Gasteiger partial charge in [-0.1, -0.05) is 0 Å². The molecular weight excluding hydrogens is 354 g/mol. The highest BCUT2D eigenvalue weighted by Gasteiger charge is 2.22. The smallest absolute Gasteiger partial charge is 0.307 e. The number of hydrogen-bond donors (Lipinski definition) is 1. The van der Waals surface area contributed by atoms with E-state index in [1.807, 2.05) is 0 Å². The summed E-state index contributed by atoms with van der Waals surface area (Å²) < 4.78 is 25.8. The van der Waals surface area contributed by atoms with Crippen molar-refractivity contribution in [2.24, 2.45) is 0 Å². The Hall–Kier alpha value is -0.500. The Labute approximate surface area is 109 Å². The number of carboxylic acids is 1. The van der Waals surface area contributed by atoms with Crippen LogP contribution in [-0.4, -0.2) is 16.1 Å². The minimum Gasteiger partial charge on any atom is -0.481 e. The van der Waals surface area contributed by atoms with E-state index < -0.39 is 18.8 Å². The number of rotatable bonds is 4. The molecule has 1 aromatic heterocycles. The number of carboxylic acid groups (broad SMARTS) is 1. The number of aliphatic carboxylic acids is 1. The van der Waals surface area contributed by atoms with E-state index in [-0.39, 0.29) is 26.3 Å². The molecule has 16 heavy (non-hydrogen) atoms. The lowest BCUT2D eigenvalue weighted by Gasteiger charge is -2.12. The minimum absolute atomic E-state index is 0.0180. The van der Waals surface area contributed by atoms with E-state index in [0.29, 0.717) is 0 Å². The fourth-order valence-electron chi connectivity index (χ4n) is 1.28. The molecule has 1 N–H and O–H groups in total. The molecule has 0 amide bonds. The Morgan fingerprint density at radius 2 is 2.25 bits per heavy atom. The lowest BCUT2D eigenvalue weighted by molar-refractivity contribution is -0.136. The summed E-state index contributed by atoms with van der Waals surface area (Å²) in [6.45, 7) is 0. The molecule has 0 radical (unpaired) electrons. The van der Waals surface area contributed by atoms with Crippen molar-refractivity contribution in [1.29, 1.82) is 0 Å². The van der Waals surface area contributed by atoms with Gasteiger partial charge in [-0.3, -0.25) is 9.78 Å². The van der Waals surface area contributed by atoms with Crippen molar-refractivity contribution in [3.8, 4) is 0 Å². The standard InChI is InChI=1S/C9H7ClF2INO2/c10-2-6-4(1-7(15)16)8(9(11)12)5(13)3-14-6/h3,9H,1-2H2,(H,15,16). The predicted molar refractivity (Wildman–Crippen MR) is 62.8 cm³/mol. The highest BCUT2D eigenvalue weighted by atomic mass is 127. The average molecular weight is 362 g/mol. The third-order valence-electron chi connectivity index (χ3n) is 1.94. The molecule has 0 atom stereocenters. The van der Waals surface area contributed by atoms with Crippen LogP contribution in [0.3, 0.4) is 0 Å². The number of hydrogen-bond acceptors (Lipinski definition) is 2. The van der Waals surface area contributed by atoms with Crippen LogP contribution in [0.4, 0.5) is 8.78 Å². The molecule has 7 heteroatoms. The second-order valence-electron chi connectivity index (χ2n) is 2.95. The summed E-state index contributed by atoms with van der Waals surface area (Å²) in [5.74, 6) is -1.27. The Kier molecular flexibility index (Phi) is 4.85. The fraction of sp³-hybridized carbons (Fsp3) is 0.333. The summed E-state index contributed by atoms with van der Waals surface area (Å²) in [7, 11) is 0. The lowest BCUT2D eigenvalue weighted by Crippen LogP contribution is -2.10. The van der Waals surface area contributed by atoms with Crippen LogP contribution in [0.25, 0.3) is 0 Å². The van der Waals surface area contributed by atoms with Gasteiger partial charge >= 0.3 is 5.97 Å². The third kappa shape index (κ3) is 3.00. The maximum atomic E-state index is 12.8. The molecule has 0 unspecified atom stereocenters. The molecule has 0 saturated heterocycles. The van der Waals surface area contributed by atoms with Gasteiger partial charge in [0, 0.05) is 15.3 Å². The molecule has 3 nitrogen and oxygen atoms in total. The van der Waals surface area contributed by atoms with Crippen molar-refractivity contribution in [3.05, 3.63) is 26.6 Å². The molecular formula is C9H7ClF2INO2. The number of aromatic nitrogens is 1. The Bertz CT molecular complexity index is 415. The first-order chi connectivity index (χ1) is 7.47. The van der Waals surface area contributed by atoms with Crippen molar-refractivity contribution >= 4 is 40.2 Å². The maximum Gasteiger partial charge on any atom is 0.307 e. The normalized spacial score (nSPS) is 10.8. The van der Waals surface area contributed by atoms with Gasteiger partial charge < -0.3 is 5.11 Å². The second kappa shape index (κ2) is 5.72. The van der Waals surface area contributed by atoms with Crippen LogP contribution >= 0.6 is 34.2 Å².